The van der Waals surface area contributed by atoms with E-state index in [9.17, 15) is 0 Å². The lowest BCUT2D eigenvalue weighted by Gasteiger charge is -2.02. The van der Waals surface area contributed by atoms with Crippen LogP contribution in [0.3, 0.4) is 0 Å². The fourth-order valence-corrected chi connectivity index (χ4v) is 2.09. The highest BCUT2D eigenvalue weighted by Crippen LogP contribution is 2.18. The van der Waals surface area contributed by atoms with Crippen molar-refractivity contribution in [2.75, 3.05) is 5.75 Å². The molecule has 1 aromatic carbocycles. The molecule has 3 heteroatoms. The van der Waals surface area contributed by atoms with Crippen LogP contribution in [0.4, 0.5) is 0 Å². The molecule has 14 heavy (non-hydrogen) atoms. The van der Waals surface area contributed by atoms with E-state index in [4.69, 9.17) is 23.8 Å². The van der Waals surface area contributed by atoms with Gasteiger partial charge in [-0.2, -0.15) is 0 Å². The standard InChI is InChI=1S/C11H11ClS2/c1-2-10(12)8-14-11(13)9-6-4-3-5-7-9/h2-7H,8H2,1H3. The minimum Gasteiger partial charge on any atom is -0.108 e. The second-order valence-electron chi connectivity index (χ2n) is 2.68. The molecule has 0 amide bonds. The number of thiocarbonyl (C=S) groups is 1. The fraction of sp³-hybridized carbons (Fsp3) is 0.182. The summed E-state index contributed by atoms with van der Waals surface area (Å²) in [6.45, 7) is 1.93. The lowest BCUT2D eigenvalue weighted by Crippen LogP contribution is -1.92. The maximum atomic E-state index is 5.88. The number of thioether (sulfide) groups is 1. The van der Waals surface area contributed by atoms with Crippen LogP contribution in [-0.2, 0) is 0 Å². The largest absolute Gasteiger partial charge is 0.108 e. The number of hydrogen-bond donors (Lipinski definition) is 0. The zero-order chi connectivity index (χ0) is 10.4. The first-order valence-corrected chi connectivity index (χ1v) is 6.04. The Kier molecular flexibility index (Phi) is 5.23. The molecule has 1 aromatic rings. The van der Waals surface area contributed by atoms with Crippen LogP contribution in [0.25, 0.3) is 0 Å². The third-order valence-electron chi connectivity index (χ3n) is 1.66. The van der Waals surface area contributed by atoms with Crippen LogP contribution in [0.5, 0.6) is 0 Å². The summed E-state index contributed by atoms with van der Waals surface area (Å²) in [7, 11) is 0. The summed E-state index contributed by atoms with van der Waals surface area (Å²) in [5.74, 6) is 0.756. The SMILES string of the molecule is CC=C(Cl)CSC(=S)c1ccccc1. The topological polar surface area (TPSA) is 0 Å². The van der Waals surface area contributed by atoms with E-state index in [0.717, 1.165) is 20.5 Å². The molecule has 0 atom stereocenters. The summed E-state index contributed by atoms with van der Waals surface area (Å²) in [6.07, 6.45) is 1.89. The summed E-state index contributed by atoms with van der Waals surface area (Å²) in [6, 6.07) is 9.98. The van der Waals surface area contributed by atoms with Gasteiger partial charge in [0.1, 0.15) is 0 Å². The Labute approximate surface area is 99.4 Å². The Bertz CT molecular complexity index is 330. The molecule has 0 aliphatic heterocycles. The van der Waals surface area contributed by atoms with E-state index in [-0.39, 0.29) is 0 Å². The van der Waals surface area contributed by atoms with Crippen molar-refractivity contribution < 1.29 is 0 Å². The number of allylic oxidation sites excluding steroid dienone is 1. The van der Waals surface area contributed by atoms with Gasteiger partial charge in [0, 0.05) is 10.8 Å². The Morgan fingerprint density at radius 3 is 2.64 bits per heavy atom. The summed E-state index contributed by atoms with van der Waals surface area (Å²) in [5.41, 5.74) is 1.09. The average Bonchev–Trinajstić information content (AvgIpc) is 2.26. The summed E-state index contributed by atoms with van der Waals surface area (Å²) >= 11 is 12.7. The van der Waals surface area contributed by atoms with Gasteiger partial charge in [-0.15, -0.1) is 11.8 Å². The van der Waals surface area contributed by atoms with Crippen LogP contribution >= 0.6 is 35.6 Å². The average molecular weight is 243 g/mol. The van der Waals surface area contributed by atoms with Crippen LogP contribution < -0.4 is 0 Å². The molecular weight excluding hydrogens is 232 g/mol. The Morgan fingerprint density at radius 1 is 1.43 bits per heavy atom. The van der Waals surface area contributed by atoms with Crippen LogP contribution in [0.2, 0.25) is 0 Å². The van der Waals surface area contributed by atoms with E-state index in [1.807, 2.05) is 43.3 Å². The van der Waals surface area contributed by atoms with Crippen molar-refractivity contribution >= 4 is 39.8 Å². The van der Waals surface area contributed by atoms with Gasteiger partial charge in [0.25, 0.3) is 0 Å². The molecule has 0 saturated heterocycles. The lowest BCUT2D eigenvalue weighted by molar-refractivity contribution is 1.61. The van der Waals surface area contributed by atoms with E-state index in [2.05, 4.69) is 0 Å². The molecule has 0 spiro atoms. The fourth-order valence-electron chi connectivity index (χ4n) is 0.875. The number of hydrogen-bond acceptors (Lipinski definition) is 2. The molecule has 0 aliphatic carbocycles. The van der Waals surface area contributed by atoms with Crippen molar-refractivity contribution in [1.29, 1.82) is 0 Å². The summed E-state index contributed by atoms with van der Waals surface area (Å²) < 4.78 is 0.894. The van der Waals surface area contributed by atoms with Crippen molar-refractivity contribution in [3.8, 4) is 0 Å². The smallest absolute Gasteiger partial charge is 0.0781 e. The van der Waals surface area contributed by atoms with Crippen molar-refractivity contribution in [2.24, 2.45) is 0 Å². The van der Waals surface area contributed by atoms with Gasteiger partial charge < -0.3 is 0 Å². The minimum atomic E-state index is 0.756. The molecular formula is C11H11ClS2. The van der Waals surface area contributed by atoms with Gasteiger partial charge in [-0.25, -0.2) is 0 Å². The van der Waals surface area contributed by atoms with Crippen LogP contribution in [0.15, 0.2) is 41.4 Å². The van der Waals surface area contributed by atoms with Gasteiger partial charge in [-0.05, 0) is 12.5 Å². The van der Waals surface area contributed by atoms with Crippen molar-refractivity contribution in [2.45, 2.75) is 6.92 Å². The molecule has 0 aromatic heterocycles. The lowest BCUT2D eigenvalue weighted by atomic mass is 10.2. The molecule has 0 heterocycles. The Morgan fingerprint density at radius 2 is 2.07 bits per heavy atom. The number of halogens is 1. The van der Waals surface area contributed by atoms with Gasteiger partial charge in [0.2, 0.25) is 0 Å². The highest BCUT2D eigenvalue weighted by atomic mass is 35.5. The predicted octanol–water partition coefficient (Wildman–Crippen LogP) is 4.24. The third-order valence-corrected chi connectivity index (χ3v) is 3.72. The van der Waals surface area contributed by atoms with Crippen molar-refractivity contribution in [1.82, 2.24) is 0 Å². The van der Waals surface area contributed by atoms with Crippen LogP contribution in [0.1, 0.15) is 12.5 Å². The number of rotatable bonds is 3. The molecule has 0 aliphatic rings. The third kappa shape index (κ3) is 3.82. The molecule has 74 valence electrons. The summed E-state index contributed by atoms with van der Waals surface area (Å²) in [5, 5.41) is 0.841. The van der Waals surface area contributed by atoms with Gasteiger partial charge in [0.05, 0.1) is 4.20 Å². The summed E-state index contributed by atoms with van der Waals surface area (Å²) in [4.78, 5) is 0. The monoisotopic (exact) mass is 242 g/mol. The molecule has 0 saturated carbocycles. The van der Waals surface area contributed by atoms with Gasteiger partial charge in [-0.3, -0.25) is 0 Å². The molecule has 0 nitrogen and oxygen atoms in total. The van der Waals surface area contributed by atoms with E-state index >= 15 is 0 Å². The van der Waals surface area contributed by atoms with Crippen LogP contribution in [-0.4, -0.2) is 9.95 Å². The first-order chi connectivity index (χ1) is 6.74. The first-order valence-electron chi connectivity index (χ1n) is 4.27. The van der Waals surface area contributed by atoms with E-state index < -0.39 is 0 Å². The normalized spacial score (nSPS) is 11.4. The van der Waals surface area contributed by atoms with E-state index in [0.29, 0.717) is 0 Å². The predicted molar refractivity (Wildman–Crippen MR) is 70.2 cm³/mol. The van der Waals surface area contributed by atoms with E-state index in [1.165, 1.54) is 0 Å². The maximum absolute atomic E-state index is 5.88. The second-order valence-corrected chi connectivity index (χ2v) is 4.82. The second kappa shape index (κ2) is 6.23. The molecule has 0 bridgehead atoms. The highest BCUT2D eigenvalue weighted by molar-refractivity contribution is 8.23. The van der Waals surface area contributed by atoms with E-state index in [1.54, 1.807) is 11.8 Å². The van der Waals surface area contributed by atoms with Crippen LogP contribution in [0, 0.1) is 0 Å². The molecule has 0 unspecified atom stereocenters. The zero-order valence-electron chi connectivity index (χ0n) is 7.87. The van der Waals surface area contributed by atoms with Gasteiger partial charge in [-0.1, -0.05) is 60.2 Å². The van der Waals surface area contributed by atoms with Crippen molar-refractivity contribution in [3.63, 3.8) is 0 Å². The minimum absolute atomic E-state index is 0.756. The first kappa shape index (κ1) is 11.8. The van der Waals surface area contributed by atoms with Gasteiger partial charge in [0.15, 0.2) is 0 Å². The molecule has 1 rings (SSSR count). The molecule has 0 fully saturated rings. The molecule has 0 radical (unpaired) electrons. The maximum Gasteiger partial charge on any atom is 0.0781 e. The van der Waals surface area contributed by atoms with Crippen molar-refractivity contribution in [3.05, 3.63) is 47.0 Å². The quantitative estimate of drug-likeness (QED) is 0.728. The molecule has 0 N–H and O–H groups in total. The highest BCUT2D eigenvalue weighted by Gasteiger charge is 2.01. The van der Waals surface area contributed by atoms with Gasteiger partial charge >= 0.3 is 0 Å². The zero-order valence-corrected chi connectivity index (χ0v) is 10.3. The Hall–Kier alpha value is -0.310. The Balaban J connectivity index is 2.52. The number of benzene rings is 1.